The molecular weight excluding hydrogens is 366 g/mol. The Kier molecular flexibility index (Phi) is 7.67. The molecule has 1 heterocycles. The predicted octanol–water partition coefficient (Wildman–Crippen LogP) is 3.66. The number of aliphatic hydroxyl groups is 1. The number of methoxy groups -OCH3 is 2. The molecule has 2 aromatic rings. The highest BCUT2D eigenvalue weighted by molar-refractivity contribution is 5.72. The van der Waals surface area contributed by atoms with E-state index in [9.17, 15) is 5.11 Å². The van der Waals surface area contributed by atoms with Gasteiger partial charge in [-0.3, -0.25) is 0 Å². The average Bonchev–Trinajstić information content (AvgIpc) is 2.76. The number of ether oxygens (including phenoxy) is 3. The molecule has 2 N–H and O–H groups in total. The SMILES string of the molecule is COCCCC[C@@](O)(c1c(OC)cccc1-c1cccc(C)c1)[C@H]1CNCCO1. The van der Waals surface area contributed by atoms with E-state index in [2.05, 4.69) is 36.5 Å². The van der Waals surface area contributed by atoms with Gasteiger partial charge in [0.05, 0.1) is 13.7 Å². The van der Waals surface area contributed by atoms with E-state index in [1.807, 2.05) is 18.2 Å². The number of nitrogens with one attached hydrogen (secondary N) is 1. The van der Waals surface area contributed by atoms with Crippen LogP contribution in [0.1, 0.15) is 30.4 Å². The van der Waals surface area contributed by atoms with E-state index in [0.29, 0.717) is 31.9 Å². The van der Waals surface area contributed by atoms with Crippen molar-refractivity contribution in [3.05, 3.63) is 53.6 Å². The van der Waals surface area contributed by atoms with E-state index in [1.54, 1.807) is 14.2 Å². The van der Waals surface area contributed by atoms with Gasteiger partial charge in [0, 0.05) is 32.4 Å². The Labute approximate surface area is 174 Å². The molecule has 0 radical (unpaired) electrons. The molecule has 0 spiro atoms. The second-order valence-corrected chi connectivity index (χ2v) is 7.69. The predicted molar refractivity (Wildman–Crippen MR) is 115 cm³/mol. The van der Waals surface area contributed by atoms with E-state index in [4.69, 9.17) is 14.2 Å². The molecule has 5 heteroatoms. The second kappa shape index (κ2) is 10.2. The van der Waals surface area contributed by atoms with Crippen molar-refractivity contribution in [2.24, 2.45) is 0 Å². The molecule has 1 aliphatic heterocycles. The highest BCUT2D eigenvalue weighted by Gasteiger charge is 2.43. The number of aryl methyl sites for hydroxylation is 1. The Hall–Kier alpha value is -1.92. The molecule has 0 amide bonds. The van der Waals surface area contributed by atoms with Crippen molar-refractivity contribution in [2.75, 3.05) is 40.5 Å². The summed E-state index contributed by atoms with van der Waals surface area (Å²) >= 11 is 0. The van der Waals surface area contributed by atoms with E-state index in [0.717, 1.165) is 36.1 Å². The van der Waals surface area contributed by atoms with Gasteiger partial charge in [-0.15, -0.1) is 0 Å². The maximum Gasteiger partial charge on any atom is 0.125 e. The summed E-state index contributed by atoms with van der Waals surface area (Å²) in [6.07, 6.45) is 1.93. The van der Waals surface area contributed by atoms with Gasteiger partial charge in [-0.05, 0) is 43.4 Å². The van der Waals surface area contributed by atoms with Crippen LogP contribution in [0.15, 0.2) is 42.5 Å². The lowest BCUT2D eigenvalue weighted by Gasteiger charge is -2.40. The monoisotopic (exact) mass is 399 g/mol. The Balaban J connectivity index is 2.10. The molecule has 158 valence electrons. The van der Waals surface area contributed by atoms with Crippen molar-refractivity contribution >= 4 is 0 Å². The van der Waals surface area contributed by atoms with Crippen LogP contribution in [0.4, 0.5) is 0 Å². The lowest BCUT2D eigenvalue weighted by atomic mass is 9.78. The minimum atomic E-state index is -1.17. The molecule has 0 aromatic heterocycles. The third-order valence-electron chi connectivity index (χ3n) is 5.62. The van der Waals surface area contributed by atoms with Gasteiger partial charge in [-0.25, -0.2) is 0 Å². The molecule has 0 bridgehead atoms. The summed E-state index contributed by atoms with van der Waals surface area (Å²) in [4.78, 5) is 0. The van der Waals surface area contributed by atoms with Gasteiger partial charge in [0.2, 0.25) is 0 Å². The number of hydrogen-bond donors (Lipinski definition) is 2. The molecule has 0 unspecified atom stereocenters. The number of rotatable bonds is 9. The molecule has 2 atom stereocenters. The van der Waals surface area contributed by atoms with E-state index in [1.165, 1.54) is 5.56 Å². The van der Waals surface area contributed by atoms with Crippen LogP contribution in [-0.4, -0.2) is 51.7 Å². The zero-order valence-electron chi connectivity index (χ0n) is 17.7. The summed E-state index contributed by atoms with van der Waals surface area (Å²) < 4.78 is 17.0. The van der Waals surface area contributed by atoms with Gasteiger partial charge >= 0.3 is 0 Å². The molecule has 0 aliphatic carbocycles. The number of unbranched alkanes of at least 4 members (excludes halogenated alkanes) is 1. The highest BCUT2D eigenvalue weighted by atomic mass is 16.5. The number of morpholine rings is 1. The zero-order valence-corrected chi connectivity index (χ0v) is 17.7. The molecule has 1 saturated heterocycles. The third kappa shape index (κ3) is 4.98. The first-order chi connectivity index (χ1) is 14.1. The fraction of sp³-hybridized carbons (Fsp3) is 0.500. The third-order valence-corrected chi connectivity index (χ3v) is 5.62. The fourth-order valence-electron chi connectivity index (χ4n) is 4.16. The van der Waals surface area contributed by atoms with Crippen molar-refractivity contribution in [2.45, 2.75) is 37.9 Å². The number of benzene rings is 2. The van der Waals surface area contributed by atoms with Crippen molar-refractivity contribution in [1.82, 2.24) is 5.32 Å². The van der Waals surface area contributed by atoms with E-state index in [-0.39, 0.29) is 6.10 Å². The van der Waals surface area contributed by atoms with Crippen LogP contribution in [0.5, 0.6) is 5.75 Å². The van der Waals surface area contributed by atoms with Crippen LogP contribution in [0.3, 0.4) is 0 Å². The smallest absolute Gasteiger partial charge is 0.125 e. The summed E-state index contributed by atoms with van der Waals surface area (Å²) in [7, 11) is 3.36. The van der Waals surface area contributed by atoms with Gasteiger partial charge < -0.3 is 24.6 Å². The number of hydrogen-bond acceptors (Lipinski definition) is 5. The van der Waals surface area contributed by atoms with Gasteiger partial charge in [-0.2, -0.15) is 0 Å². The summed E-state index contributed by atoms with van der Waals surface area (Å²) in [5.74, 6) is 0.687. The summed E-state index contributed by atoms with van der Waals surface area (Å²) in [5.41, 5.74) is 2.86. The highest BCUT2D eigenvalue weighted by Crippen LogP contribution is 2.44. The molecular formula is C24H33NO4. The summed E-state index contributed by atoms with van der Waals surface area (Å²) in [6, 6.07) is 14.3. The molecule has 2 aromatic carbocycles. The van der Waals surface area contributed by atoms with Crippen LogP contribution in [0.2, 0.25) is 0 Å². The molecule has 5 nitrogen and oxygen atoms in total. The zero-order chi connectivity index (χ0) is 20.7. The average molecular weight is 400 g/mol. The van der Waals surface area contributed by atoms with Crippen molar-refractivity contribution in [3.63, 3.8) is 0 Å². The van der Waals surface area contributed by atoms with Crippen molar-refractivity contribution in [3.8, 4) is 16.9 Å². The Morgan fingerprint density at radius 2 is 2.00 bits per heavy atom. The van der Waals surface area contributed by atoms with Crippen molar-refractivity contribution in [1.29, 1.82) is 0 Å². The molecule has 1 fully saturated rings. The first kappa shape index (κ1) is 21.8. The van der Waals surface area contributed by atoms with Crippen LogP contribution in [0, 0.1) is 6.92 Å². The second-order valence-electron chi connectivity index (χ2n) is 7.69. The minimum Gasteiger partial charge on any atom is -0.496 e. The van der Waals surface area contributed by atoms with Gasteiger partial charge in [0.1, 0.15) is 17.5 Å². The Morgan fingerprint density at radius 3 is 2.69 bits per heavy atom. The maximum atomic E-state index is 12.1. The standard InChI is InChI=1S/C24H33NO4/c1-18-8-6-9-19(16-18)20-10-7-11-21(28-3)23(20)24(26,12-4-5-14-27-2)22-17-25-13-15-29-22/h6-11,16,22,25-26H,4-5,12-15,17H2,1-3H3/t22-,24+/m1/s1. The van der Waals surface area contributed by atoms with E-state index >= 15 is 0 Å². The molecule has 29 heavy (non-hydrogen) atoms. The van der Waals surface area contributed by atoms with Crippen molar-refractivity contribution < 1.29 is 19.3 Å². The first-order valence-electron chi connectivity index (χ1n) is 10.4. The maximum absolute atomic E-state index is 12.1. The summed E-state index contributed by atoms with van der Waals surface area (Å²) in [6.45, 7) is 4.74. The largest absolute Gasteiger partial charge is 0.496 e. The lowest BCUT2D eigenvalue weighted by Crippen LogP contribution is -2.51. The first-order valence-corrected chi connectivity index (χ1v) is 10.4. The van der Waals surface area contributed by atoms with Gasteiger partial charge in [0.25, 0.3) is 0 Å². The molecule has 0 saturated carbocycles. The Morgan fingerprint density at radius 1 is 1.17 bits per heavy atom. The van der Waals surface area contributed by atoms with Gasteiger partial charge in [0.15, 0.2) is 0 Å². The molecule has 1 aliphatic rings. The van der Waals surface area contributed by atoms with Crippen LogP contribution >= 0.6 is 0 Å². The van der Waals surface area contributed by atoms with Gasteiger partial charge in [-0.1, -0.05) is 42.0 Å². The fourth-order valence-corrected chi connectivity index (χ4v) is 4.16. The lowest BCUT2D eigenvalue weighted by molar-refractivity contribution is -0.130. The minimum absolute atomic E-state index is 0.348. The van der Waals surface area contributed by atoms with E-state index < -0.39 is 5.60 Å². The quantitative estimate of drug-likeness (QED) is 0.630. The van der Waals surface area contributed by atoms with Crippen LogP contribution in [-0.2, 0) is 15.1 Å². The van der Waals surface area contributed by atoms with Crippen LogP contribution < -0.4 is 10.1 Å². The summed E-state index contributed by atoms with van der Waals surface area (Å²) in [5, 5.41) is 15.5. The Bertz CT molecular complexity index is 788. The topological polar surface area (TPSA) is 60.0 Å². The normalized spacial score (nSPS) is 19.0. The van der Waals surface area contributed by atoms with Crippen LogP contribution in [0.25, 0.3) is 11.1 Å². The molecule has 3 rings (SSSR count).